The van der Waals surface area contributed by atoms with Crippen LogP contribution in [0.5, 0.6) is 0 Å². The van der Waals surface area contributed by atoms with E-state index in [9.17, 15) is 4.79 Å². The van der Waals surface area contributed by atoms with Gasteiger partial charge in [0.25, 0.3) is 0 Å². The lowest BCUT2D eigenvalue weighted by atomic mass is 10.2. The van der Waals surface area contributed by atoms with Gasteiger partial charge in [-0.15, -0.1) is 12.3 Å². The summed E-state index contributed by atoms with van der Waals surface area (Å²) in [5, 5.41) is 2.93. The number of carbonyl (C=O) groups excluding carboxylic acids is 1. The van der Waals surface area contributed by atoms with Gasteiger partial charge in [0.2, 0.25) is 0 Å². The van der Waals surface area contributed by atoms with E-state index in [1.54, 1.807) is 6.08 Å². The average Bonchev–Trinajstić information content (AvgIpc) is 1.97. The molecule has 0 saturated heterocycles. The van der Waals surface area contributed by atoms with Crippen molar-refractivity contribution in [2.75, 3.05) is 6.54 Å². The molecule has 1 N–H and O–H groups in total. The van der Waals surface area contributed by atoms with Crippen molar-refractivity contribution in [3.05, 3.63) is 11.8 Å². The molecule has 0 aliphatic heterocycles. The van der Waals surface area contributed by atoms with E-state index in [2.05, 4.69) is 11.2 Å². The first-order chi connectivity index (χ1) is 5.22. The number of likely N-dealkylation sites (N-methyl/N-ethyl adjacent to an activating group) is 1. The van der Waals surface area contributed by atoms with E-state index in [0.717, 1.165) is 6.54 Å². The van der Waals surface area contributed by atoms with Gasteiger partial charge in [-0.25, -0.2) is 0 Å². The van der Waals surface area contributed by atoms with Gasteiger partial charge in [0.1, 0.15) is 0 Å². The summed E-state index contributed by atoms with van der Waals surface area (Å²) in [6, 6.07) is 0. The van der Waals surface area contributed by atoms with Gasteiger partial charge >= 0.3 is 0 Å². The van der Waals surface area contributed by atoms with Crippen molar-refractivity contribution in [3.63, 3.8) is 0 Å². The third-order valence-corrected chi connectivity index (χ3v) is 1.17. The molecule has 0 saturated carbocycles. The topological polar surface area (TPSA) is 29.1 Å². The largest absolute Gasteiger partial charge is 0.383 e. The summed E-state index contributed by atoms with van der Waals surface area (Å²) in [6.45, 7) is 4.20. The second kappa shape index (κ2) is 5.55. The van der Waals surface area contributed by atoms with Crippen LogP contribution in [0.4, 0.5) is 0 Å². The second-order valence-electron chi connectivity index (χ2n) is 2.11. The molecule has 0 aromatic heterocycles. The van der Waals surface area contributed by atoms with E-state index >= 15 is 0 Å². The van der Waals surface area contributed by atoms with E-state index < -0.39 is 0 Å². The van der Waals surface area contributed by atoms with E-state index in [-0.39, 0.29) is 5.78 Å². The Labute approximate surface area is 67.7 Å². The lowest BCUT2D eigenvalue weighted by Gasteiger charge is -2.02. The highest BCUT2D eigenvalue weighted by atomic mass is 16.1. The normalized spacial score (nSPS) is 10.5. The number of nitrogens with one attached hydrogen (secondary N) is 1. The summed E-state index contributed by atoms with van der Waals surface area (Å²) in [6.07, 6.45) is 7.27. The zero-order valence-electron chi connectivity index (χ0n) is 6.98. The second-order valence-corrected chi connectivity index (χ2v) is 2.11. The fraction of sp³-hybridized carbons (Fsp3) is 0.444. The van der Waals surface area contributed by atoms with Gasteiger partial charge in [-0.2, -0.15) is 0 Å². The van der Waals surface area contributed by atoms with Gasteiger partial charge in [-0.05, 0) is 13.0 Å². The molecule has 0 unspecified atom stereocenters. The zero-order chi connectivity index (χ0) is 8.69. The Kier molecular flexibility index (Phi) is 4.93. The maximum Gasteiger partial charge on any atom is 0.175 e. The SMILES string of the molecule is C#CC/C=C(\NCC)C(C)=O. The van der Waals surface area contributed by atoms with Gasteiger partial charge in [0, 0.05) is 19.9 Å². The van der Waals surface area contributed by atoms with Crippen LogP contribution in [0.3, 0.4) is 0 Å². The third-order valence-electron chi connectivity index (χ3n) is 1.17. The maximum absolute atomic E-state index is 10.8. The highest BCUT2D eigenvalue weighted by Gasteiger charge is 1.98. The average molecular weight is 151 g/mol. The highest BCUT2D eigenvalue weighted by molar-refractivity contribution is 5.92. The summed E-state index contributed by atoms with van der Waals surface area (Å²) in [5.74, 6) is 2.47. The molecule has 0 bridgehead atoms. The number of hydrogen-bond acceptors (Lipinski definition) is 2. The molecule has 0 aromatic rings. The first-order valence-corrected chi connectivity index (χ1v) is 3.60. The number of terminal acetylenes is 1. The van der Waals surface area contributed by atoms with Crippen molar-refractivity contribution in [1.29, 1.82) is 0 Å². The van der Waals surface area contributed by atoms with E-state index in [0.29, 0.717) is 12.1 Å². The van der Waals surface area contributed by atoms with Crippen LogP contribution in [0.2, 0.25) is 0 Å². The van der Waals surface area contributed by atoms with Crippen LogP contribution in [0.1, 0.15) is 20.3 Å². The number of hydrogen-bond donors (Lipinski definition) is 1. The molecule has 0 aliphatic carbocycles. The van der Waals surface area contributed by atoms with Gasteiger partial charge in [-0.1, -0.05) is 0 Å². The van der Waals surface area contributed by atoms with Gasteiger partial charge in [-0.3, -0.25) is 4.79 Å². The van der Waals surface area contributed by atoms with E-state index in [4.69, 9.17) is 6.42 Å². The van der Waals surface area contributed by atoms with Gasteiger partial charge in [0.05, 0.1) is 5.70 Å². The lowest BCUT2D eigenvalue weighted by Crippen LogP contribution is -2.17. The minimum Gasteiger partial charge on any atom is -0.383 e. The standard InChI is InChI=1S/C9H13NO/c1-4-6-7-9(8(3)11)10-5-2/h1,7,10H,5-6H2,2-3H3/b9-7-. The maximum atomic E-state index is 10.8. The monoisotopic (exact) mass is 151 g/mol. The van der Waals surface area contributed by atoms with E-state index in [1.165, 1.54) is 6.92 Å². The van der Waals surface area contributed by atoms with Crippen molar-refractivity contribution in [2.24, 2.45) is 0 Å². The zero-order valence-corrected chi connectivity index (χ0v) is 6.98. The Morgan fingerprint density at radius 3 is 2.73 bits per heavy atom. The Morgan fingerprint density at radius 2 is 2.36 bits per heavy atom. The fourth-order valence-electron chi connectivity index (χ4n) is 0.692. The Morgan fingerprint density at radius 1 is 1.73 bits per heavy atom. The molecule has 0 atom stereocenters. The van der Waals surface area contributed by atoms with Gasteiger partial charge in [0.15, 0.2) is 5.78 Å². The molecule has 0 heterocycles. The van der Waals surface area contributed by atoms with E-state index in [1.807, 2.05) is 6.92 Å². The quantitative estimate of drug-likeness (QED) is 0.481. The molecule has 0 radical (unpaired) electrons. The molecule has 60 valence electrons. The molecule has 0 fully saturated rings. The van der Waals surface area contributed by atoms with Crippen LogP contribution in [-0.4, -0.2) is 12.3 Å². The molecular formula is C9H13NO. The predicted molar refractivity (Wildman–Crippen MR) is 45.9 cm³/mol. The smallest absolute Gasteiger partial charge is 0.175 e. The van der Waals surface area contributed by atoms with Crippen molar-refractivity contribution in [1.82, 2.24) is 5.32 Å². The number of Topliss-reactive ketones (excluding diaryl/α,β-unsaturated/α-hetero) is 1. The molecule has 0 amide bonds. The fourth-order valence-corrected chi connectivity index (χ4v) is 0.692. The number of rotatable bonds is 4. The summed E-state index contributed by atoms with van der Waals surface area (Å²) >= 11 is 0. The Balaban J connectivity index is 4.11. The number of allylic oxidation sites excluding steroid dienone is 2. The third kappa shape index (κ3) is 4.21. The van der Waals surface area contributed by atoms with Gasteiger partial charge < -0.3 is 5.32 Å². The van der Waals surface area contributed by atoms with Crippen molar-refractivity contribution >= 4 is 5.78 Å². The van der Waals surface area contributed by atoms with Crippen LogP contribution < -0.4 is 5.32 Å². The molecule has 0 aliphatic rings. The van der Waals surface area contributed by atoms with Crippen molar-refractivity contribution < 1.29 is 4.79 Å². The molecule has 0 spiro atoms. The van der Waals surface area contributed by atoms with Crippen molar-refractivity contribution in [3.8, 4) is 12.3 Å². The van der Waals surface area contributed by atoms with Crippen molar-refractivity contribution in [2.45, 2.75) is 20.3 Å². The summed E-state index contributed by atoms with van der Waals surface area (Å²) in [4.78, 5) is 10.8. The van der Waals surface area contributed by atoms with Crippen LogP contribution in [0, 0.1) is 12.3 Å². The summed E-state index contributed by atoms with van der Waals surface area (Å²) in [7, 11) is 0. The molecule has 2 heteroatoms. The predicted octanol–water partition coefficient (Wildman–Crippen LogP) is 1.09. The molecular weight excluding hydrogens is 138 g/mol. The molecule has 0 aromatic carbocycles. The highest BCUT2D eigenvalue weighted by Crippen LogP contribution is 1.92. The van der Waals surface area contributed by atoms with Crippen LogP contribution in [-0.2, 0) is 4.79 Å². The lowest BCUT2D eigenvalue weighted by molar-refractivity contribution is -0.113. The summed E-state index contributed by atoms with van der Waals surface area (Å²) in [5.41, 5.74) is 0.616. The van der Waals surface area contributed by atoms with Crippen LogP contribution >= 0.6 is 0 Å². The first-order valence-electron chi connectivity index (χ1n) is 3.60. The molecule has 0 rings (SSSR count). The molecule has 11 heavy (non-hydrogen) atoms. The summed E-state index contributed by atoms with van der Waals surface area (Å²) < 4.78 is 0. The molecule has 2 nitrogen and oxygen atoms in total. The Hall–Kier alpha value is -1.23. The minimum absolute atomic E-state index is 0.0297. The number of carbonyl (C=O) groups is 1. The number of ketones is 1. The van der Waals surface area contributed by atoms with Crippen LogP contribution in [0.15, 0.2) is 11.8 Å². The minimum atomic E-state index is 0.0297. The Bertz CT molecular complexity index is 198. The van der Waals surface area contributed by atoms with Crippen LogP contribution in [0.25, 0.3) is 0 Å². The first kappa shape index (κ1) is 9.77.